The number of hydrogen-bond donors (Lipinski definition) is 1. The third kappa shape index (κ3) is 5.79. The van der Waals surface area contributed by atoms with Gasteiger partial charge in [0.1, 0.15) is 5.82 Å². The molecule has 1 heterocycles. The van der Waals surface area contributed by atoms with E-state index in [0.29, 0.717) is 44.8 Å². The monoisotopic (exact) mass is 567 g/mol. The molecule has 7 nitrogen and oxygen atoms in total. The van der Waals surface area contributed by atoms with Crippen molar-refractivity contribution >= 4 is 66.4 Å². The maximum absolute atomic E-state index is 13.2. The Labute approximate surface area is 220 Å². The second-order valence-electron chi connectivity index (χ2n) is 7.50. The second-order valence-corrected chi connectivity index (χ2v) is 11.0. The van der Waals surface area contributed by atoms with Gasteiger partial charge in [-0.3, -0.25) is 9.52 Å². The normalized spacial score (nSPS) is 12.3. The van der Waals surface area contributed by atoms with Gasteiger partial charge in [-0.1, -0.05) is 40.6 Å². The fourth-order valence-corrected chi connectivity index (χ4v) is 6.12. The van der Waals surface area contributed by atoms with Gasteiger partial charge in [-0.05, 0) is 61.5 Å². The fraction of sp³-hybridized carbons (Fsp3) is 0.167. The molecule has 0 bridgehead atoms. The van der Waals surface area contributed by atoms with Crippen LogP contribution in [0.3, 0.4) is 0 Å². The van der Waals surface area contributed by atoms with Gasteiger partial charge >= 0.3 is 0 Å². The second kappa shape index (κ2) is 11.1. The molecule has 0 fully saturated rings. The molecular formula is C24H20Cl2FN3O4S2. The summed E-state index contributed by atoms with van der Waals surface area (Å²) in [5.41, 5.74) is 0.980. The predicted molar refractivity (Wildman–Crippen MR) is 140 cm³/mol. The SMILES string of the molecule is CCOCCn1c(=NC(=O)c2cccc(NS(=O)(=O)c3ccc(F)cc3)c2)sc2c(Cl)ccc(Cl)c21. The first-order valence-corrected chi connectivity index (χ1v) is 13.8. The number of hydrogen-bond acceptors (Lipinski definition) is 5. The number of fused-ring (bicyclic) bond motifs is 1. The van der Waals surface area contributed by atoms with E-state index in [0.717, 1.165) is 24.3 Å². The minimum atomic E-state index is -3.98. The Hall–Kier alpha value is -2.76. The molecule has 0 aliphatic rings. The number of rotatable bonds is 8. The summed E-state index contributed by atoms with van der Waals surface area (Å²) >= 11 is 14.0. The van der Waals surface area contributed by atoms with Crippen LogP contribution in [0.15, 0.2) is 70.6 Å². The maximum Gasteiger partial charge on any atom is 0.279 e. The van der Waals surface area contributed by atoms with Crippen LogP contribution >= 0.6 is 34.5 Å². The third-order valence-corrected chi connectivity index (χ3v) is 8.32. The lowest BCUT2D eigenvalue weighted by Gasteiger charge is -2.09. The predicted octanol–water partition coefficient (Wildman–Crippen LogP) is 5.73. The number of thiazole rings is 1. The van der Waals surface area contributed by atoms with Crippen LogP contribution in [0.4, 0.5) is 10.1 Å². The molecule has 1 N–H and O–H groups in total. The van der Waals surface area contributed by atoms with Gasteiger partial charge < -0.3 is 9.30 Å². The van der Waals surface area contributed by atoms with Crippen molar-refractivity contribution in [2.45, 2.75) is 18.4 Å². The quantitative estimate of drug-likeness (QED) is 0.275. The van der Waals surface area contributed by atoms with Crippen molar-refractivity contribution in [1.82, 2.24) is 4.57 Å². The van der Waals surface area contributed by atoms with E-state index in [4.69, 9.17) is 27.9 Å². The molecule has 1 amide bonds. The molecule has 0 spiro atoms. The fourth-order valence-electron chi connectivity index (χ4n) is 3.40. The highest BCUT2D eigenvalue weighted by atomic mass is 35.5. The molecule has 188 valence electrons. The smallest absolute Gasteiger partial charge is 0.279 e. The lowest BCUT2D eigenvalue weighted by molar-refractivity contribution is 0.0996. The van der Waals surface area contributed by atoms with Gasteiger partial charge in [-0.25, -0.2) is 12.8 Å². The number of carbonyl (C=O) groups is 1. The molecule has 0 unspecified atom stereocenters. The number of anilines is 1. The van der Waals surface area contributed by atoms with Crippen molar-refractivity contribution in [3.63, 3.8) is 0 Å². The summed E-state index contributed by atoms with van der Waals surface area (Å²) in [6.07, 6.45) is 0. The van der Waals surface area contributed by atoms with E-state index >= 15 is 0 Å². The van der Waals surface area contributed by atoms with Gasteiger partial charge in [0.15, 0.2) is 4.80 Å². The Morgan fingerprint density at radius 1 is 1.11 bits per heavy atom. The Morgan fingerprint density at radius 3 is 2.56 bits per heavy atom. The number of aromatic nitrogens is 1. The lowest BCUT2D eigenvalue weighted by Crippen LogP contribution is -2.20. The van der Waals surface area contributed by atoms with Crippen LogP contribution < -0.4 is 9.52 Å². The molecule has 36 heavy (non-hydrogen) atoms. The maximum atomic E-state index is 13.2. The minimum Gasteiger partial charge on any atom is -0.380 e. The zero-order valence-corrected chi connectivity index (χ0v) is 22.0. The standard InChI is InChI=1S/C24H20Cl2FN3O4S2/c1-2-34-13-12-30-21-19(25)10-11-20(26)22(21)35-24(30)28-23(31)15-4-3-5-17(14-15)29-36(32,33)18-8-6-16(27)7-9-18/h3-11,14,29H,2,12-13H2,1H3. The number of amides is 1. The molecule has 3 aromatic carbocycles. The topological polar surface area (TPSA) is 89.8 Å². The van der Waals surface area contributed by atoms with Crippen LogP contribution in [0.5, 0.6) is 0 Å². The molecule has 12 heteroatoms. The average molecular weight is 568 g/mol. The number of nitrogens with one attached hydrogen (secondary N) is 1. The summed E-state index contributed by atoms with van der Waals surface area (Å²) in [7, 11) is -3.98. The summed E-state index contributed by atoms with van der Waals surface area (Å²) in [5, 5.41) is 0.948. The molecule has 0 radical (unpaired) electrons. The zero-order chi connectivity index (χ0) is 25.9. The summed E-state index contributed by atoms with van der Waals surface area (Å²) in [5.74, 6) is -1.13. The molecule has 0 saturated carbocycles. The molecule has 4 rings (SSSR count). The van der Waals surface area contributed by atoms with Crippen LogP contribution in [0.1, 0.15) is 17.3 Å². The molecule has 0 aliphatic carbocycles. The minimum absolute atomic E-state index is 0.111. The molecule has 4 aromatic rings. The van der Waals surface area contributed by atoms with E-state index in [9.17, 15) is 17.6 Å². The van der Waals surface area contributed by atoms with Crippen LogP contribution in [-0.2, 0) is 21.3 Å². The molecule has 0 atom stereocenters. The van der Waals surface area contributed by atoms with Gasteiger partial charge in [0.05, 0.1) is 31.8 Å². The molecule has 1 aromatic heterocycles. The van der Waals surface area contributed by atoms with Crippen LogP contribution in [-0.4, -0.2) is 32.1 Å². The summed E-state index contributed by atoms with van der Waals surface area (Å²) in [6, 6.07) is 13.7. The first kappa shape index (κ1) is 26.3. The number of sulfonamides is 1. The number of ether oxygens (including phenoxy) is 1. The van der Waals surface area contributed by atoms with Crippen LogP contribution in [0.25, 0.3) is 10.2 Å². The van der Waals surface area contributed by atoms with Crippen molar-refractivity contribution in [3.8, 4) is 0 Å². The molecule has 0 aliphatic heterocycles. The van der Waals surface area contributed by atoms with Gasteiger partial charge in [0.25, 0.3) is 15.9 Å². The molecular weight excluding hydrogens is 548 g/mol. The molecule has 0 saturated heterocycles. The Morgan fingerprint density at radius 2 is 1.83 bits per heavy atom. The number of halogens is 3. The van der Waals surface area contributed by atoms with E-state index in [-0.39, 0.29) is 16.1 Å². The van der Waals surface area contributed by atoms with Crippen LogP contribution in [0, 0.1) is 5.82 Å². The lowest BCUT2D eigenvalue weighted by atomic mass is 10.2. The summed E-state index contributed by atoms with van der Waals surface area (Å²) in [4.78, 5) is 17.6. The number of nitrogens with zero attached hydrogens (tertiary/aromatic N) is 2. The first-order chi connectivity index (χ1) is 17.2. The van der Waals surface area contributed by atoms with Gasteiger partial charge in [-0.15, -0.1) is 0 Å². The Balaban J connectivity index is 1.69. The Bertz CT molecular complexity index is 1600. The highest BCUT2D eigenvalue weighted by Crippen LogP contribution is 2.32. The van der Waals surface area contributed by atoms with E-state index in [1.807, 2.05) is 6.92 Å². The Kier molecular flexibility index (Phi) is 8.11. The van der Waals surface area contributed by atoms with E-state index in [1.54, 1.807) is 16.7 Å². The van der Waals surface area contributed by atoms with E-state index in [1.165, 1.54) is 35.6 Å². The third-order valence-electron chi connectivity index (χ3n) is 5.07. The highest BCUT2D eigenvalue weighted by Gasteiger charge is 2.17. The van der Waals surface area contributed by atoms with Crippen molar-refractivity contribution in [2.75, 3.05) is 17.9 Å². The van der Waals surface area contributed by atoms with Crippen molar-refractivity contribution in [3.05, 3.63) is 86.9 Å². The average Bonchev–Trinajstić information content (AvgIpc) is 3.21. The zero-order valence-electron chi connectivity index (χ0n) is 18.9. The van der Waals surface area contributed by atoms with Crippen molar-refractivity contribution in [1.29, 1.82) is 0 Å². The number of benzene rings is 3. The summed E-state index contributed by atoms with van der Waals surface area (Å²) in [6.45, 7) is 3.19. The van der Waals surface area contributed by atoms with Gasteiger partial charge in [0.2, 0.25) is 0 Å². The van der Waals surface area contributed by atoms with E-state index < -0.39 is 21.7 Å². The van der Waals surface area contributed by atoms with E-state index in [2.05, 4.69) is 9.71 Å². The highest BCUT2D eigenvalue weighted by molar-refractivity contribution is 7.92. The number of carbonyl (C=O) groups excluding carboxylic acids is 1. The van der Waals surface area contributed by atoms with Crippen molar-refractivity contribution in [2.24, 2.45) is 4.99 Å². The largest absolute Gasteiger partial charge is 0.380 e. The van der Waals surface area contributed by atoms with Gasteiger partial charge in [0, 0.05) is 24.4 Å². The first-order valence-electron chi connectivity index (χ1n) is 10.7. The van der Waals surface area contributed by atoms with Crippen molar-refractivity contribution < 1.29 is 22.3 Å². The van der Waals surface area contributed by atoms with Gasteiger partial charge in [-0.2, -0.15) is 4.99 Å². The van der Waals surface area contributed by atoms with Crippen LogP contribution in [0.2, 0.25) is 10.0 Å². The summed E-state index contributed by atoms with van der Waals surface area (Å²) < 4.78 is 48.8.